The van der Waals surface area contributed by atoms with Crippen molar-refractivity contribution in [2.45, 2.75) is 31.7 Å². The Morgan fingerprint density at radius 3 is 2.67 bits per heavy atom. The molecule has 1 amide bonds. The highest BCUT2D eigenvalue weighted by atomic mass is 32.1. The molecule has 0 spiro atoms. The summed E-state index contributed by atoms with van der Waals surface area (Å²) in [5, 5.41) is 4.69. The monoisotopic (exact) mass is 480 g/mol. The summed E-state index contributed by atoms with van der Waals surface area (Å²) in [4.78, 5) is 16.5. The molecular weight excluding hydrogens is 460 g/mol. The van der Waals surface area contributed by atoms with Gasteiger partial charge in [-0.15, -0.1) is 11.3 Å². The predicted molar refractivity (Wildman–Crippen MR) is 115 cm³/mol. The zero-order chi connectivity index (χ0) is 23.4. The van der Waals surface area contributed by atoms with Crippen molar-refractivity contribution in [2.24, 2.45) is 0 Å². The highest BCUT2D eigenvalue weighted by Gasteiger charge is 2.29. The number of nitrogens with zero attached hydrogens (tertiary/aromatic N) is 1. The van der Waals surface area contributed by atoms with Crippen LogP contribution in [0.3, 0.4) is 0 Å². The quantitative estimate of drug-likeness (QED) is 0.457. The Morgan fingerprint density at radius 1 is 1.21 bits per heavy atom. The average molecular weight is 480 g/mol. The molecule has 0 saturated carbocycles. The van der Waals surface area contributed by atoms with Gasteiger partial charge in [0, 0.05) is 30.2 Å². The van der Waals surface area contributed by atoms with Crippen molar-refractivity contribution in [3.63, 3.8) is 0 Å². The second-order valence-corrected chi connectivity index (χ2v) is 8.37. The number of amides is 1. The van der Waals surface area contributed by atoms with E-state index >= 15 is 0 Å². The molecule has 1 atom stereocenters. The summed E-state index contributed by atoms with van der Waals surface area (Å²) in [6.45, 7) is 1.10. The molecule has 1 fully saturated rings. The van der Waals surface area contributed by atoms with Crippen LogP contribution in [0.2, 0.25) is 0 Å². The summed E-state index contributed by atoms with van der Waals surface area (Å²) in [6.07, 6.45) is -2.51. The minimum Gasteiger partial charge on any atom is -0.489 e. The van der Waals surface area contributed by atoms with Crippen LogP contribution < -0.4 is 10.1 Å². The van der Waals surface area contributed by atoms with Crippen LogP contribution in [0.25, 0.3) is 10.6 Å². The van der Waals surface area contributed by atoms with E-state index in [1.54, 1.807) is 11.4 Å². The number of thiazole rings is 1. The molecule has 1 aliphatic rings. The van der Waals surface area contributed by atoms with E-state index in [1.807, 2.05) is 0 Å². The molecular formula is C23H20F4N2O3S. The van der Waals surface area contributed by atoms with Gasteiger partial charge in [-0.3, -0.25) is 4.79 Å². The lowest BCUT2D eigenvalue weighted by molar-refractivity contribution is -0.137. The van der Waals surface area contributed by atoms with Gasteiger partial charge in [0.2, 0.25) is 0 Å². The van der Waals surface area contributed by atoms with E-state index in [4.69, 9.17) is 9.47 Å². The van der Waals surface area contributed by atoms with Crippen LogP contribution in [-0.2, 0) is 17.5 Å². The molecule has 2 heterocycles. The summed E-state index contributed by atoms with van der Waals surface area (Å²) in [5.74, 6) is -0.701. The van der Waals surface area contributed by atoms with Gasteiger partial charge in [-0.05, 0) is 42.7 Å². The van der Waals surface area contributed by atoms with Crippen molar-refractivity contribution in [2.75, 3.05) is 13.2 Å². The number of hydrogen-bond donors (Lipinski definition) is 1. The highest BCUT2D eigenvalue weighted by molar-refractivity contribution is 7.13. The van der Waals surface area contributed by atoms with E-state index in [1.165, 1.54) is 24.3 Å². The Balaban J connectivity index is 1.36. The molecule has 1 N–H and O–H groups in total. The lowest BCUT2D eigenvalue weighted by Gasteiger charge is -2.10. The SMILES string of the molecule is O=C(NCC1CCCO1)c1csc(-c2ccc(OCc3ccc(C(F)(F)F)cc3)cc2F)n1. The lowest BCUT2D eigenvalue weighted by atomic mass is 10.1. The molecule has 0 radical (unpaired) electrons. The Hall–Kier alpha value is -2.98. The molecule has 5 nitrogen and oxygen atoms in total. The van der Waals surface area contributed by atoms with Gasteiger partial charge in [-0.2, -0.15) is 13.2 Å². The van der Waals surface area contributed by atoms with Gasteiger partial charge in [-0.25, -0.2) is 9.37 Å². The van der Waals surface area contributed by atoms with E-state index in [2.05, 4.69) is 10.3 Å². The average Bonchev–Trinajstić information content (AvgIpc) is 3.48. The van der Waals surface area contributed by atoms with Gasteiger partial charge < -0.3 is 14.8 Å². The molecule has 2 aromatic carbocycles. The van der Waals surface area contributed by atoms with E-state index in [0.29, 0.717) is 23.7 Å². The van der Waals surface area contributed by atoms with Crippen LogP contribution >= 0.6 is 11.3 Å². The first-order valence-corrected chi connectivity index (χ1v) is 11.1. The number of benzene rings is 2. The van der Waals surface area contributed by atoms with Crippen LogP contribution in [0.15, 0.2) is 47.8 Å². The number of rotatable bonds is 7. The number of aromatic nitrogens is 1. The summed E-state index contributed by atoms with van der Waals surface area (Å²) < 4.78 is 63.5. The van der Waals surface area contributed by atoms with Gasteiger partial charge in [0.05, 0.1) is 11.7 Å². The summed E-state index contributed by atoms with van der Waals surface area (Å²) in [5.41, 5.74) is 0.200. The molecule has 10 heteroatoms. The topological polar surface area (TPSA) is 60.5 Å². The van der Waals surface area contributed by atoms with Crippen molar-refractivity contribution >= 4 is 17.2 Å². The maximum atomic E-state index is 14.7. The normalized spacial score (nSPS) is 16.1. The third kappa shape index (κ3) is 5.88. The number of nitrogens with one attached hydrogen (secondary N) is 1. The van der Waals surface area contributed by atoms with Crippen molar-refractivity contribution in [3.05, 3.63) is 70.5 Å². The highest BCUT2D eigenvalue weighted by Crippen LogP contribution is 2.31. The molecule has 1 unspecified atom stereocenters. The van der Waals surface area contributed by atoms with Crippen molar-refractivity contribution in [1.82, 2.24) is 10.3 Å². The van der Waals surface area contributed by atoms with Gasteiger partial charge in [0.25, 0.3) is 5.91 Å². The van der Waals surface area contributed by atoms with Crippen LogP contribution in [0.4, 0.5) is 17.6 Å². The maximum Gasteiger partial charge on any atom is 0.416 e. The fourth-order valence-corrected chi connectivity index (χ4v) is 4.15. The minimum absolute atomic E-state index is 0.0107. The second-order valence-electron chi connectivity index (χ2n) is 7.51. The second kappa shape index (κ2) is 9.88. The minimum atomic E-state index is -4.40. The summed E-state index contributed by atoms with van der Waals surface area (Å²) >= 11 is 1.15. The van der Waals surface area contributed by atoms with Gasteiger partial charge >= 0.3 is 6.18 Å². The summed E-state index contributed by atoms with van der Waals surface area (Å²) in [7, 11) is 0. The third-order valence-corrected chi connectivity index (χ3v) is 5.98. The molecule has 174 valence electrons. The number of carbonyl (C=O) groups excluding carboxylic acids is 1. The first-order chi connectivity index (χ1) is 15.8. The Kier molecular flexibility index (Phi) is 6.94. The van der Waals surface area contributed by atoms with E-state index in [9.17, 15) is 22.4 Å². The zero-order valence-corrected chi connectivity index (χ0v) is 18.1. The Bertz CT molecular complexity index is 1110. The van der Waals surface area contributed by atoms with Crippen molar-refractivity contribution in [3.8, 4) is 16.3 Å². The Labute approximate surface area is 191 Å². The lowest BCUT2D eigenvalue weighted by Crippen LogP contribution is -2.31. The standard InChI is InChI=1S/C23H20F4N2O3S/c24-19-10-16(32-12-14-3-5-15(6-4-14)23(25,26)27)7-8-18(19)22-29-20(13-33-22)21(30)28-11-17-2-1-9-31-17/h3-8,10,13,17H,1-2,9,11-12H2,(H,28,30). The van der Waals surface area contributed by atoms with Gasteiger partial charge in [0.1, 0.15) is 28.9 Å². The molecule has 3 aromatic rings. The Morgan fingerprint density at radius 2 is 2.00 bits per heavy atom. The zero-order valence-electron chi connectivity index (χ0n) is 17.3. The van der Waals surface area contributed by atoms with Crippen molar-refractivity contribution in [1.29, 1.82) is 0 Å². The first-order valence-electron chi connectivity index (χ1n) is 10.2. The number of ether oxygens (including phenoxy) is 2. The van der Waals surface area contributed by atoms with Crippen molar-refractivity contribution < 1.29 is 31.8 Å². The van der Waals surface area contributed by atoms with Crippen LogP contribution in [0, 0.1) is 5.82 Å². The fourth-order valence-electron chi connectivity index (χ4n) is 3.32. The smallest absolute Gasteiger partial charge is 0.416 e. The van der Waals surface area contributed by atoms with Crippen LogP contribution in [0.5, 0.6) is 5.75 Å². The maximum absolute atomic E-state index is 14.7. The first kappa shape index (κ1) is 23.2. The molecule has 1 aliphatic heterocycles. The van der Waals surface area contributed by atoms with E-state index < -0.39 is 17.6 Å². The molecule has 0 aliphatic carbocycles. The number of alkyl halides is 3. The van der Waals surface area contributed by atoms with E-state index in [0.717, 1.165) is 36.3 Å². The van der Waals surface area contributed by atoms with Crippen LogP contribution in [0.1, 0.15) is 34.5 Å². The number of carbonyl (C=O) groups is 1. The fraction of sp³-hybridized carbons (Fsp3) is 0.304. The largest absolute Gasteiger partial charge is 0.489 e. The number of halogens is 4. The van der Waals surface area contributed by atoms with Gasteiger partial charge in [-0.1, -0.05) is 12.1 Å². The molecule has 1 aromatic heterocycles. The molecule has 0 bridgehead atoms. The van der Waals surface area contributed by atoms with E-state index in [-0.39, 0.29) is 35.6 Å². The predicted octanol–water partition coefficient (Wildman–Crippen LogP) is 5.46. The number of hydrogen-bond acceptors (Lipinski definition) is 5. The van der Waals surface area contributed by atoms with Gasteiger partial charge in [0.15, 0.2) is 0 Å². The molecule has 1 saturated heterocycles. The van der Waals surface area contributed by atoms with Crippen LogP contribution in [-0.4, -0.2) is 30.1 Å². The summed E-state index contributed by atoms with van der Waals surface area (Å²) in [6, 6.07) is 8.78. The molecule has 33 heavy (non-hydrogen) atoms. The molecule has 4 rings (SSSR count). The third-order valence-electron chi connectivity index (χ3n) is 5.11.